The summed E-state index contributed by atoms with van der Waals surface area (Å²) in [6.07, 6.45) is 0. The molecule has 0 spiro atoms. The summed E-state index contributed by atoms with van der Waals surface area (Å²) in [7, 11) is 0. The summed E-state index contributed by atoms with van der Waals surface area (Å²) in [6.45, 7) is 5.41. The van der Waals surface area contributed by atoms with E-state index in [1.165, 1.54) is 0 Å². The van der Waals surface area contributed by atoms with E-state index in [1.54, 1.807) is 16.5 Å². The highest BCUT2D eigenvalue weighted by molar-refractivity contribution is 5.85. The Balaban J connectivity index is 2.54. The molecule has 0 saturated carbocycles. The number of primary amides is 1. The molecule has 2 rings (SSSR count). The van der Waals surface area contributed by atoms with E-state index in [0.29, 0.717) is 37.7 Å². The summed E-state index contributed by atoms with van der Waals surface area (Å²) >= 11 is 0. The van der Waals surface area contributed by atoms with Crippen molar-refractivity contribution >= 4 is 17.4 Å². The zero-order chi connectivity index (χ0) is 14.9. The number of hydrogen-bond acceptors (Lipinski definition) is 6. The van der Waals surface area contributed by atoms with E-state index >= 15 is 0 Å². The fourth-order valence-corrected chi connectivity index (χ4v) is 2.49. The second kappa shape index (κ2) is 5.45. The number of anilines is 1. The quantitative estimate of drug-likeness (QED) is 0.561. The van der Waals surface area contributed by atoms with E-state index in [-0.39, 0.29) is 5.69 Å². The number of piperazine rings is 1. The molecule has 20 heavy (non-hydrogen) atoms. The largest absolute Gasteiger partial charge is 0.368 e. The van der Waals surface area contributed by atoms with Gasteiger partial charge in [0.15, 0.2) is 0 Å². The highest BCUT2D eigenvalue weighted by atomic mass is 16.6. The molecule has 0 radical (unpaired) electrons. The molecule has 1 fully saturated rings. The van der Waals surface area contributed by atoms with E-state index in [0.717, 1.165) is 0 Å². The summed E-state index contributed by atoms with van der Waals surface area (Å²) in [5, 5.41) is 18.5. The van der Waals surface area contributed by atoms with Crippen molar-refractivity contribution in [2.75, 3.05) is 24.5 Å². The molecule has 9 heteroatoms. The van der Waals surface area contributed by atoms with Crippen molar-refractivity contribution in [2.24, 2.45) is 5.73 Å². The monoisotopic (exact) mass is 282 g/mol. The number of hydrogen-bond donors (Lipinski definition) is 2. The van der Waals surface area contributed by atoms with Crippen LogP contribution in [0.2, 0.25) is 0 Å². The Morgan fingerprint density at radius 3 is 2.90 bits per heavy atom. The van der Waals surface area contributed by atoms with Crippen molar-refractivity contribution < 1.29 is 9.72 Å². The topological polar surface area (TPSA) is 119 Å². The molecule has 1 aromatic rings. The Kier molecular flexibility index (Phi) is 3.89. The van der Waals surface area contributed by atoms with Crippen molar-refractivity contribution in [1.29, 1.82) is 0 Å². The predicted molar refractivity (Wildman–Crippen MR) is 72.5 cm³/mol. The van der Waals surface area contributed by atoms with Crippen LogP contribution in [0.25, 0.3) is 0 Å². The lowest BCUT2D eigenvalue weighted by molar-refractivity contribution is -0.384. The normalized spacial score (nSPS) is 19.1. The van der Waals surface area contributed by atoms with Gasteiger partial charge in [0.2, 0.25) is 11.7 Å². The van der Waals surface area contributed by atoms with Crippen molar-refractivity contribution in [2.45, 2.75) is 26.4 Å². The van der Waals surface area contributed by atoms with Gasteiger partial charge in [-0.05, 0) is 13.8 Å². The van der Waals surface area contributed by atoms with E-state index in [4.69, 9.17) is 5.73 Å². The molecule has 1 aliphatic rings. The number of nitrogens with two attached hydrogens (primary N) is 1. The minimum Gasteiger partial charge on any atom is -0.368 e. The van der Waals surface area contributed by atoms with Gasteiger partial charge in [0, 0.05) is 26.2 Å². The van der Waals surface area contributed by atoms with Crippen LogP contribution in [-0.4, -0.2) is 46.3 Å². The van der Waals surface area contributed by atoms with Crippen LogP contribution in [0.1, 0.15) is 12.6 Å². The lowest BCUT2D eigenvalue weighted by Crippen LogP contribution is -2.57. The van der Waals surface area contributed by atoms with Crippen LogP contribution in [0.15, 0.2) is 0 Å². The molecule has 0 aromatic carbocycles. The number of aryl methyl sites for hydroxylation is 2. The van der Waals surface area contributed by atoms with Crippen molar-refractivity contribution in [3.05, 3.63) is 15.8 Å². The van der Waals surface area contributed by atoms with E-state index in [2.05, 4.69) is 10.4 Å². The number of carbonyl (C=O) groups excluding carboxylic acids is 1. The second-order valence-corrected chi connectivity index (χ2v) is 4.65. The van der Waals surface area contributed by atoms with Gasteiger partial charge in [-0.25, -0.2) is 4.68 Å². The van der Waals surface area contributed by atoms with E-state index < -0.39 is 16.9 Å². The molecule has 0 aliphatic carbocycles. The number of nitro groups is 1. The van der Waals surface area contributed by atoms with Gasteiger partial charge >= 0.3 is 5.69 Å². The molecule has 1 amide bonds. The first-order valence-electron chi connectivity index (χ1n) is 6.45. The number of aromatic nitrogens is 2. The molecular formula is C11H18N6O3. The third-order valence-electron chi connectivity index (χ3n) is 3.40. The maximum atomic E-state index is 11.6. The standard InChI is InChI=1S/C11H18N6O3/c1-3-16-11(9(17(19)20)7(2)14-16)15-5-4-13-6-8(15)10(12)18/h8,13H,3-6H2,1-2H3,(H2,12,18). The van der Waals surface area contributed by atoms with Gasteiger partial charge in [0.05, 0.1) is 4.92 Å². The second-order valence-electron chi connectivity index (χ2n) is 4.65. The third kappa shape index (κ3) is 2.31. The fraction of sp³-hybridized carbons (Fsp3) is 0.636. The van der Waals surface area contributed by atoms with Crippen molar-refractivity contribution in [1.82, 2.24) is 15.1 Å². The molecule has 110 valence electrons. The minimum atomic E-state index is -0.608. The third-order valence-corrected chi connectivity index (χ3v) is 3.40. The number of rotatable bonds is 4. The first-order valence-corrected chi connectivity index (χ1v) is 6.45. The van der Waals surface area contributed by atoms with Crippen LogP contribution in [0, 0.1) is 17.0 Å². The van der Waals surface area contributed by atoms with Crippen LogP contribution in [0.4, 0.5) is 11.5 Å². The van der Waals surface area contributed by atoms with E-state index in [9.17, 15) is 14.9 Å². The Hall–Kier alpha value is -2.16. The van der Waals surface area contributed by atoms with Gasteiger partial charge in [-0.15, -0.1) is 0 Å². The summed E-state index contributed by atoms with van der Waals surface area (Å²) in [6, 6.07) is -0.608. The van der Waals surface area contributed by atoms with Crippen LogP contribution in [0.5, 0.6) is 0 Å². The molecule has 3 N–H and O–H groups in total. The number of carbonyl (C=O) groups is 1. The number of nitrogens with one attached hydrogen (secondary N) is 1. The van der Waals surface area contributed by atoms with Gasteiger partial charge < -0.3 is 16.0 Å². The molecule has 0 bridgehead atoms. The molecule has 1 atom stereocenters. The Labute approximate surface area is 115 Å². The maximum Gasteiger partial charge on any atom is 0.333 e. The lowest BCUT2D eigenvalue weighted by atomic mass is 10.1. The molecule has 1 saturated heterocycles. The molecule has 2 heterocycles. The Morgan fingerprint density at radius 1 is 1.65 bits per heavy atom. The molecule has 1 aromatic heterocycles. The molecule has 9 nitrogen and oxygen atoms in total. The number of amides is 1. The Bertz CT molecular complexity index is 541. The number of nitrogens with zero attached hydrogens (tertiary/aromatic N) is 4. The zero-order valence-corrected chi connectivity index (χ0v) is 11.5. The summed E-state index contributed by atoms with van der Waals surface area (Å²) in [4.78, 5) is 24.1. The molecule has 1 aliphatic heterocycles. The molecule has 1 unspecified atom stereocenters. The first-order chi connectivity index (χ1) is 9.47. The maximum absolute atomic E-state index is 11.6. The van der Waals surface area contributed by atoms with Crippen molar-refractivity contribution in [3.63, 3.8) is 0 Å². The van der Waals surface area contributed by atoms with E-state index in [1.807, 2.05) is 6.92 Å². The van der Waals surface area contributed by atoms with Gasteiger partial charge in [-0.1, -0.05) is 0 Å². The van der Waals surface area contributed by atoms with Gasteiger partial charge in [-0.2, -0.15) is 5.10 Å². The zero-order valence-electron chi connectivity index (χ0n) is 11.5. The lowest BCUT2D eigenvalue weighted by Gasteiger charge is -2.35. The highest BCUT2D eigenvalue weighted by Gasteiger charge is 2.36. The SMILES string of the molecule is CCn1nc(C)c([N+](=O)[O-])c1N1CCNCC1C(N)=O. The van der Waals surface area contributed by atoms with Crippen LogP contribution in [0.3, 0.4) is 0 Å². The highest BCUT2D eigenvalue weighted by Crippen LogP contribution is 2.33. The summed E-state index contributed by atoms with van der Waals surface area (Å²) in [5.74, 6) is -0.145. The summed E-state index contributed by atoms with van der Waals surface area (Å²) < 4.78 is 1.55. The smallest absolute Gasteiger partial charge is 0.333 e. The van der Waals surface area contributed by atoms with Gasteiger partial charge in [0.1, 0.15) is 11.7 Å². The van der Waals surface area contributed by atoms with Crippen molar-refractivity contribution in [3.8, 4) is 0 Å². The Morgan fingerprint density at radius 2 is 2.35 bits per heavy atom. The average Bonchev–Trinajstić information content (AvgIpc) is 2.75. The predicted octanol–water partition coefficient (Wildman–Crippen LogP) is -0.617. The minimum absolute atomic E-state index is 0.0556. The molecular weight excluding hydrogens is 264 g/mol. The fourth-order valence-electron chi connectivity index (χ4n) is 2.49. The van der Waals surface area contributed by atoms with Gasteiger partial charge in [-0.3, -0.25) is 14.9 Å². The van der Waals surface area contributed by atoms with Crippen LogP contribution in [-0.2, 0) is 11.3 Å². The van der Waals surface area contributed by atoms with Crippen LogP contribution < -0.4 is 16.0 Å². The van der Waals surface area contributed by atoms with Gasteiger partial charge in [0.25, 0.3) is 0 Å². The first kappa shape index (κ1) is 14.3. The summed E-state index contributed by atoms with van der Waals surface area (Å²) in [5.41, 5.74) is 5.69. The van der Waals surface area contributed by atoms with Crippen LogP contribution >= 0.6 is 0 Å². The average molecular weight is 282 g/mol.